The van der Waals surface area contributed by atoms with Crippen molar-refractivity contribution >= 4 is 29.3 Å². The summed E-state index contributed by atoms with van der Waals surface area (Å²) >= 11 is 0. The summed E-state index contributed by atoms with van der Waals surface area (Å²) in [6.07, 6.45) is 2.55. The second kappa shape index (κ2) is 12.6. The molecule has 0 saturated carbocycles. The molecule has 1 fully saturated rings. The fourth-order valence-corrected chi connectivity index (χ4v) is 6.24. The van der Waals surface area contributed by atoms with Crippen LogP contribution in [0.3, 0.4) is 0 Å². The van der Waals surface area contributed by atoms with Crippen molar-refractivity contribution in [2.24, 2.45) is 0 Å². The Bertz CT molecular complexity index is 1370. The number of hydrogen-bond donors (Lipinski definition) is 0. The molecule has 3 aromatic carbocycles. The first-order chi connectivity index (χ1) is 19.9. The Morgan fingerprint density at radius 2 is 1.54 bits per heavy atom. The SMILES string of the molecule is CCOC(=O)N1CCC(c2ccc(C(=O)N3c4ccccc4[C@@H](N(C(=O)CC)c4ccccc4)C[C@H]3C)cc2)CC1. The normalized spacial score (nSPS) is 18.9. The molecular formula is C34H39N3O4. The highest BCUT2D eigenvalue weighted by atomic mass is 16.6. The molecular weight excluding hydrogens is 514 g/mol. The lowest BCUT2D eigenvalue weighted by atomic mass is 9.88. The number of anilines is 2. The molecule has 2 heterocycles. The second-order valence-corrected chi connectivity index (χ2v) is 10.9. The van der Waals surface area contributed by atoms with Crippen LogP contribution in [0.15, 0.2) is 78.9 Å². The quantitative estimate of drug-likeness (QED) is 0.331. The van der Waals surface area contributed by atoms with Gasteiger partial charge in [-0.25, -0.2) is 4.79 Å². The molecule has 2 aliphatic rings. The third-order valence-corrected chi connectivity index (χ3v) is 8.35. The van der Waals surface area contributed by atoms with Crippen LogP contribution in [-0.4, -0.2) is 48.5 Å². The molecule has 0 N–H and O–H groups in total. The summed E-state index contributed by atoms with van der Waals surface area (Å²) in [5, 5.41) is 0. The zero-order chi connectivity index (χ0) is 28.9. The average molecular weight is 554 g/mol. The first-order valence-corrected chi connectivity index (χ1v) is 14.7. The van der Waals surface area contributed by atoms with Crippen molar-refractivity contribution in [2.75, 3.05) is 29.5 Å². The van der Waals surface area contributed by atoms with E-state index in [-0.39, 0.29) is 30.0 Å². The molecule has 1 saturated heterocycles. The van der Waals surface area contributed by atoms with Gasteiger partial charge in [-0.2, -0.15) is 0 Å². The van der Waals surface area contributed by atoms with E-state index < -0.39 is 0 Å². The fourth-order valence-electron chi connectivity index (χ4n) is 6.24. The monoisotopic (exact) mass is 553 g/mol. The minimum atomic E-state index is -0.240. The molecule has 41 heavy (non-hydrogen) atoms. The van der Waals surface area contributed by atoms with E-state index in [1.165, 1.54) is 5.56 Å². The van der Waals surface area contributed by atoms with Gasteiger partial charge in [0.1, 0.15) is 0 Å². The lowest BCUT2D eigenvalue weighted by Crippen LogP contribution is -2.47. The molecule has 7 heteroatoms. The summed E-state index contributed by atoms with van der Waals surface area (Å²) in [7, 11) is 0. The van der Waals surface area contributed by atoms with Crippen LogP contribution in [0.5, 0.6) is 0 Å². The molecule has 0 aromatic heterocycles. The van der Waals surface area contributed by atoms with E-state index in [1.807, 2.05) is 90.4 Å². The van der Waals surface area contributed by atoms with Crippen molar-refractivity contribution < 1.29 is 19.1 Å². The van der Waals surface area contributed by atoms with Gasteiger partial charge in [-0.3, -0.25) is 9.59 Å². The third kappa shape index (κ3) is 5.85. The van der Waals surface area contributed by atoms with Crippen LogP contribution in [0.4, 0.5) is 16.2 Å². The van der Waals surface area contributed by atoms with Crippen molar-refractivity contribution in [1.29, 1.82) is 0 Å². The van der Waals surface area contributed by atoms with Crippen LogP contribution in [0.25, 0.3) is 0 Å². The predicted octanol–water partition coefficient (Wildman–Crippen LogP) is 6.95. The molecule has 3 amide bonds. The molecule has 0 unspecified atom stereocenters. The zero-order valence-electron chi connectivity index (χ0n) is 24.2. The average Bonchev–Trinajstić information content (AvgIpc) is 3.01. The number of carbonyl (C=O) groups excluding carboxylic acids is 3. The highest BCUT2D eigenvalue weighted by Crippen LogP contribution is 2.43. The highest BCUT2D eigenvalue weighted by molar-refractivity contribution is 6.07. The Hall–Kier alpha value is -4.13. The van der Waals surface area contributed by atoms with Gasteiger partial charge in [0.25, 0.3) is 5.91 Å². The van der Waals surface area contributed by atoms with Gasteiger partial charge in [-0.05, 0) is 80.5 Å². The summed E-state index contributed by atoms with van der Waals surface area (Å²) in [5.41, 5.74) is 4.53. The number of likely N-dealkylation sites (tertiary alicyclic amines) is 1. The highest BCUT2D eigenvalue weighted by Gasteiger charge is 2.38. The number of amides is 3. The second-order valence-electron chi connectivity index (χ2n) is 10.9. The number of rotatable bonds is 6. The summed E-state index contributed by atoms with van der Waals surface area (Å²) in [6, 6.07) is 25.4. The number of benzene rings is 3. The summed E-state index contributed by atoms with van der Waals surface area (Å²) in [6.45, 7) is 7.51. The Morgan fingerprint density at radius 3 is 2.20 bits per heavy atom. The van der Waals surface area contributed by atoms with Crippen molar-refractivity contribution in [3.63, 3.8) is 0 Å². The summed E-state index contributed by atoms with van der Waals surface area (Å²) in [5.74, 6) is 0.368. The van der Waals surface area contributed by atoms with Crippen molar-refractivity contribution in [2.45, 2.75) is 64.5 Å². The summed E-state index contributed by atoms with van der Waals surface area (Å²) in [4.78, 5) is 44.8. The predicted molar refractivity (Wildman–Crippen MR) is 161 cm³/mol. The third-order valence-electron chi connectivity index (χ3n) is 8.35. The van der Waals surface area contributed by atoms with Gasteiger partial charge in [0.15, 0.2) is 0 Å². The Labute approximate surface area is 242 Å². The number of piperidine rings is 1. The van der Waals surface area contributed by atoms with Gasteiger partial charge in [0.2, 0.25) is 5.91 Å². The van der Waals surface area contributed by atoms with E-state index in [9.17, 15) is 14.4 Å². The van der Waals surface area contributed by atoms with Gasteiger partial charge < -0.3 is 19.4 Å². The number of fused-ring (bicyclic) bond motifs is 1. The minimum Gasteiger partial charge on any atom is -0.450 e. The number of carbonyl (C=O) groups is 3. The van der Waals surface area contributed by atoms with E-state index in [4.69, 9.17) is 4.74 Å². The van der Waals surface area contributed by atoms with Crippen LogP contribution >= 0.6 is 0 Å². The number of nitrogens with zero attached hydrogens (tertiary/aromatic N) is 3. The lowest BCUT2D eigenvalue weighted by molar-refractivity contribution is -0.118. The van der Waals surface area contributed by atoms with Crippen LogP contribution < -0.4 is 9.80 Å². The molecule has 0 aliphatic carbocycles. The minimum absolute atomic E-state index is 0.0415. The van der Waals surface area contributed by atoms with E-state index in [0.717, 1.165) is 29.8 Å². The molecule has 214 valence electrons. The Morgan fingerprint density at radius 1 is 0.878 bits per heavy atom. The first-order valence-electron chi connectivity index (χ1n) is 14.7. The maximum atomic E-state index is 14.0. The van der Waals surface area contributed by atoms with E-state index in [2.05, 4.69) is 19.1 Å². The molecule has 3 aromatic rings. The topological polar surface area (TPSA) is 70.2 Å². The van der Waals surface area contributed by atoms with Gasteiger partial charge in [0, 0.05) is 42.5 Å². The smallest absolute Gasteiger partial charge is 0.409 e. The molecule has 0 radical (unpaired) electrons. The fraction of sp³-hybridized carbons (Fsp3) is 0.382. The lowest BCUT2D eigenvalue weighted by Gasteiger charge is -2.43. The molecule has 2 atom stereocenters. The van der Waals surface area contributed by atoms with Gasteiger partial charge in [0.05, 0.1) is 12.6 Å². The summed E-state index contributed by atoms with van der Waals surface area (Å²) < 4.78 is 5.14. The van der Waals surface area contributed by atoms with E-state index in [0.29, 0.717) is 44.0 Å². The Balaban J connectivity index is 1.36. The van der Waals surface area contributed by atoms with Crippen LogP contribution in [0.2, 0.25) is 0 Å². The van der Waals surface area contributed by atoms with Gasteiger partial charge >= 0.3 is 6.09 Å². The van der Waals surface area contributed by atoms with Crippen molar-refractivity contribution in [3.05, 3.63) is 95.6 Å². The van der Waals surface area contributed by atoms with Gasteiger partial charge in [-0.15, -0.1) is 0 Å². The van der Waals surface area contributed by atoms with Crippen molar-refractivity contribution in [1.82, 2.24) is 4.90 Å². The molecule has 7 nitrogen and oxygen atoms in total. The number of para-hydroxylation sites is 2. The first kappa shape index (κ1) is 28.4. The molecule has 5 rings (SSSR count). The maximum Gasteiger partial charge on any atom is 0.409 e. The zero-order valence-corrected chi connectivity index (χ0v) is 24.2. The van der Waals surface area contributed by atoms with Crippen LogP contribution in [0, 0.1) is 0 Å². The largest absolute Gasteiger partial charge is 0.450 e. The Kier molecular flexibility index (Phi) is 8.72. The van der Waals surface area contributed by atoms with Gasteiger partial charge in [-0.1, -0.05) is 55.5 Å². The molecule has 0 spiro atoms. The van der Waals surface area contributed by atoms with Crippen molar-refractivity contribution in [3.8, 4) is 0 Å². The van der Waals surface area contributed by atoms with E-state index in [1.54, 1.807) is 4.90 Å². The number of hydrogen-bond acceptors (Lipinski definition) is 4. The molecule has 2 aliphatic heterocycles. The number of ether oxygens (including phenoxy) is 1. The van der Waals surface area contributed by atoms with Crippen LogP contribution in [-0.2, 0) is 9.53 Å². The maximum absolute atomic E-state index is 14.0. The van der Waals surface area contributed by atoms with E-state index >= 15 is 0 Å². The standard InChI is InChI=1S/C34H39N3O4/c1-4-32(38)37(28-11-7-6-8-12-28)31-23-24(3)36(30-14-10-9-13-29(30)31)33(39)27-17-15-25(16-18-27)26-19-21-35(22-20-26)34(40)41-5-2/h6-18,24,26,31H,4-5,19-23H2,1-3H3/t24-,31+/m1/s1. The molecule has 0 bridgehead atoms. The van der Waals surface area contributed by atoms with Crippen LogP contribution in [0.1, 0.15) is 79.9 Å².